The summed E-state index contributed by atoms with van der Waals surface area (Å²) < 4.78 is 15.6. The van der Waals surface area contributed by atoms with Gasteiger partial charge in [-0.05, 0) is 43.4 Å². The van der Waals surface area contributed by atoms with Crippen LogP contribution in [0.1, 0.15) is 38.8 Å². The van der Waals surface area contributed by atoms with Crippen LogP contribution in [-0.2, 0) is 0 Å². The van der Waals surface area contributed by atoms with Crippen LogP contribution in [0.15, 0.2) is 42.0 Å². The minimum Gasteiger partial charge on any atom is -0.349 e. The maximum absolute atomic E-state index is 13.8. The van der Waals surface area contributed by atoms with E-state index in [0.717, 1.165) is 22.8 Å². The van der Waals surface area contributed by atoms with Gasteiger partial charge >= 0.3 is 0 Å². The van der Waals surface area contributed by atoms with E-state index in [0.29, 0.717) is 34.3 Å². The second-order valence-corrected chi connectivity index (χ2v) is 10.6. The highest BCUT2D eigenvalue weighted by atomic mass is 32.1. The fraction of sp³-hybridized carbons (Fsp3) is 0.304. The number of thiazole rings is 2. The number of piperidine rings is 1. The Morgan fingerprint density at radius 2 is 2.18 bits per heavy atom. The lowest BCUT2D eigenvalue weighted by Crippen LogP contribution is -2.45. The van der Waals surface area contributed by atoms with E-state index in [-0.39, 0.29) is 29.7 Å². The Bertz CT molecular complexity index is 1390. The summed E-state index contributed by atoms with van der Waals surface area (Å²) in [6.45, 7) is 2.22. The number of halogens is 1. The first-order valence-electron chi connectivity index (χ1n) is 10.7. The zero-order valence-electron chi connectivity index (χ0n) is 17.7. The number of aromatic nitrogens is 3. The fourth-order valence-electron chi connectivity index (χ4n) is 4.77. The van der Waals surface area contributed by atoms with Crippen molar-refractivity contribution in [2.45, 2.75) is 31.8 Å². The molecule has 1 N–H and O–H groups in total. The Balaban J connectivity index is 1.23. The summed E-state index contributed by atoms with van der Waals surface area (Å²) in [6, 6.07) is 6.34. The predicted octanol–water partition coefficient (Wildman–Crippen LogP) is 4.00. The molecule has 4 aromatic rings. The Morgan fingerprint density at radius 3 is 3.03 bits per heavy atom. The zero-order valence-corrected chi connectivity index (χ0v) is 19.3. The summed E-state index contributed by atoms with van der Waals surface area (Å²) in [5.41, 5.74) is 1.50. The maximum atomic E-state index is 13.8. The lowest BCUT2D eigenvalue weighted by atomic mass is 10.1. The number of hydrogen-bond acceptors (Lipinski definition) is 6. The average molecular weight is 482 g/mol. The van der Waals surface area contributed by atoms with Crippen LogP contribution in [0.3, 0.4) is 0 Å². The van der Waals surface area contributed by atoms with Gasteiger partial charge in [0, 0.05) is 24.2 Å². The number of benzene rings is 1. The highest BCUT2D eigenvalue weighted by molar-refractivity contribution is 7.15. The quantitative estimate of drug-likeness (QED) is 0.467. The van der Waals surface area contributed by atoms with Crippen LogP contribution in [0.4, 0.5) is 4.39 Å². The number of carbonyl (C=O) groups is 2. The number of nitrogens with zero attached hydrogens (tertiary/aromatic N) is 4. The third kappa shape index (κ3) is 3.53. The van der Waals surface area contributed by atoms with Gasteiger partial charge in [-0.15, -0.1) is 22.7 Å². The van der Waals surface area contributed by atoms with Gasteiger partial charge < -0.3 is 10.2 Å². The van der Waals surface area contributed by atoms with Crippen LogP contribution in [0.5, 0.6) is 0 Å². The molecule has 4 heterocycles. The minimum atomic E-state index is -0.347. The molecule has 3 aromatic heterocycles. The van der Waals surface area contributed by atoms with Gasteiger partial charge in [0.15, 0.2) is 4.96 Å². The van der Waals surface area contributed by atoms with E-state index in [1.165, 1.54) is 34.8 Å². The van der Waals surface area contributed by atoms with E-state index in [1.54, 1.807) is 22.7 Å². The van der Waals surface area contributed by atoms with Crippen molar-refractivity contribution >= 4 is 39.4 Å². The summed E-state index contributed by atoms with van der Waals surface area (Å²) in [6.07, 6.45) is 5.22. The normalized spacial score (nSPS) is 21.4. The molecule has 1 aromatic carbocycles. The molecule has 168 valence electrons. The summed E-state index contributed by atoms with van der Waals surface area (Å²) in [7, 11) is 0. The van der Waals surface area contributed by atoms with Crippen molar-refractivity contribution in [2.24, 2.45) is 5.92 Å². The molecular weight excluding hydrogens is 461 g/mol. The van der Waals surface area contributed by atoms with Crippen molar-refractivity contribution in [1.29, 1.82) is 0 Å². The number of likely N-dealkylation sites (tertiary alicyclic amines) is 1. The van der Waals surface area contributed by atoms with Crippen molar-refractivity contribution in [3.63, 3.8) is 0 Å². The fourth-order valence-corrected chi connectivity index (χ4v) is 6.37. The SMILES string of the molecule is Cc1nc(C(=O)N2C(CNC(=O)c3cnc4sccn34)CC3CC32)c(-c2cccc(F)c2)s1. The number of carbonyl (C=O) groups excluding carboxylic acids is 2. The second-order valence-electron chi connectivity index (χ2n) is 8.50. The lowest BCUT2D eigenvalue weighted by molar-refractivity contribution is 0.0684. The van der Waals surface area contributed by atoms with Gasteiger partial charge in [-0.3, -0.25) is 14.0 Å². The summed E-state index contributed by atoms with van der Waals surface area (Å²) >= 11 is 2.86. The van der Waals surface area contributed by atoms with E-state index in [9.17, 15) is 14.0 Å². The number of imidazole rings is 1. The molecule has 2 fully saturated rings. The standard InChI is InChI=1S/C23H20FN5O2S2/c1-12-27-19(20(33-12)13-3-2-4-15(24)7-13)22(31)29-16(8-14-9-17(14)29)10-25-21(30)18-11-26-23-28(18)5-6-32-23/h2-7,11,14,16-17H,8-10H2,1H3,(H,25,30). The molecule has 3 unspecified atom stereocenters. The number of amides is 2. The third-order valence-corrected chi connectivity index (χ3v) is 8.14. The second kappa shape index (κ2) is 7.74. The largest absolute Gasteiger partial charge is 0.349 e. The molecule has 0 spiro atoms. The third-order valence-electron chi connectivity index (χ3n) is 6.35. The number of fused-ring (bicyclic) bond motifs is 2. The molecule has 0 radical (unpaired) electrons. The molecule has 2 aliphatic rings. The molecule has 1 saturated heterocycles. The molecule has 7 nitrogen and oxygen atoms in total. The van der Waals surface area contributed by atoms with Crippen LogP contribution in [0.25, 0.3) is 15.4 Å². The topological polar surface area (TPSA) is 79.6 Å². The van der Waals surface area contributed by atoms with Crippen LogP contribution in [0, 0.1) is 18.7 Å². The van der Waals surface area contributed by atoms with E-state index >= 15 is 0 Å². The van der Waals surface area contributed by atoms with Gasteiger partial charge in [-0.1, -0.05) is 12.1 Å². The first kappa shape index (κ1) is 20.5. The Morgan fingerprint density at radius 1 is 1.30 bits per heavy atom. The van der Waals surface area contributed by atoms with Gasteiger partial charge in [0.2, 0.25) is 0 Å². The Kier molecular flexibility index (Phi) is 4.81. The van der Waals surface area contributed by atoms with E-state index in [2.05, 4.69) is 15.3 Å². The molecule has 3 atom stereocenters. The van der Waals surface area contributed by atoms with Crippen molar-refractivity contribution in [1.82, 2.24) is 24.6 Å². The summed E-state index contributed by atoms with van der Waals surface area (Å²) in [4.78, 5) is 38.5. The monoisotopic (exact) mass is 481 g/mol. The van der Waals surface area contributed by atoms with Crippen LogP contribution < -0.4 is 5.32 Å². The highest BCUT2D eigenvalue weighted by Gasteiger charge is 2.54. The van der Waals surface area contributed by atoms with Gasteiger partial charge in [-0.2, -0.15) is 0 Å². The summed E-state index contributed by atoms with van der Waals surface area (Å²) in [5, 5.41) is 5.63. The van der Waals surface area contributed by atoms with E-state index in [1.807, 2.05) is 23.4 Å². The number of hydrogen-bond donors (Lipinski definition) is 1. The van der Waals surface area contributed by atoms with E-state index < -0.39 is 0 Å². The molecule has 1 aliphatic heterocycles. The minimum absolute atomic E-state index is 0.0987. The van der Waals surface area contributed by atoms with Gasteiger partial charge in [-0.25, -0.2) is 14.4 Å². The first-order valence-corrected chi connectivity index (χ1v) is 12.4. The van der Waals surface area contributed by atoms with Crippen molar-refractivity contribution in [3.05, 3.63) is 64.3 Å². The van der Waals surface area contributed by atoms with Crippen LogP contribution in [-0.4, -0.2) is 49.7 Å². The van der Waals surface area contributed by atoms with Gasteiger partial charge in [0.25, 0.3) is 11.8 Å². The molecule has 6 rings (SSSR count). The Labute approximate surface area is 196 Å². The van der Waals surface area contributed by atoms with Crippen molar-refractivity contribution in [2.75, 3.05) is 6.54 Å². The van der Waals surface area contributed by atoms with Crippen molar-refractivity contribution in [3.8, 4) is 10.4 Å². The molecular formula is C23H20FN5O2S2. The van der Waals surface area contributed by atoms with Crippen LogP contribution in [0.2, 0.25) is 0 Å². The van der Waals surface area contributed by atoms with E-state index in [4.69, 9.17) is 0 Å². The summed E-state index contributed by atoms with van der Waals surface area (Å²) in [5.74, 6) is -0.237. The van der Waals surface area contributed by atoms with Gasteiger partial charge in [0.05, 0.1) is 22.1 Å². The smallest absolute Gasteiger partial charge is 0.274 e. The number of rotatable bonds is 5. The van der Waals surface area contributed by atoms with Crippen molar-refractivity contribution < 1.29 is 14.0 Å². The zero-order chi connectivity index (χ0) is 22.7. The molecule has 10 heteroatoms. The first-order chi connectivity index (χ1) is 16.0. The number of aryl methyl sites for hydroxylation is 1. The predicted molar refractivity (Wildman–Crippen MR) is 124 cm³/mol. The molecule has 2 amide bonds. The molecule has 33 heavy (non-hydrogen) atoms. The Hall–Kier alpha value is -3.11. The molecule has 1 aliphatic carbocycles. The molecule has 1 saturated carbocycles. The number of nitrogens with one attached hydrogen (secondary N) is 1. The highest BCUT2D eigenvalue weighted by Crippen LogP contribution is 2.48. The average Bonchev–Trinajstić information content (AvgIpc) is 3.21. The van der Waals surface area contributed by atoms with Gasteiger partial charge in [0.1, 0.15) is 17.2 Å². The van der Waals surface area contributed by atoms with Crippen LogP contribution >= 0.6 is 22.7 Å². The molecule has 0 bridgehead atoms. The maximum Gasteiger partial charge on any atom is 0.274 e. The lowest BCUT2D eigenvalue weighted by Gasteiger charge is -2.27.